The van der Waals surface area contributed by atoms with Gasteiger partial charge in [-0.15, -0.1) is 0 Å². The summed E-state index contributed by atoms with van der Waals surface area (Å²) in [5, 5.41) is 2.19. The van der Waals surface area contributed by atoms with Gasteiger partial charge < -0.3 is 14.6 Å². The van der Waals surface area contributed by atoms with Crippen molar-refractivity contribution in [1.82, 2.24) is 0 Å². The molecular weight excluding hydrogens is 306 g/mol. The fourth-order valence-corrected chi connectivity index (χ4v) is 3.90. The first kappa shape index (κ1) is 11.6. The minimum atomic E-state index is 0.0545. The molecule has 0 atom stereocenters. The Kier molecular flexibility index (Phi) is 2.35. The lowest BCUT2D eigenvalue weighted by molar-refractivity contribution is 0.255. The Balaban J connectivity index is 2.19. The van der Waals surface area contributed by atoms with E-state index in [1.54, 1.807) is 12.5 Å². The highest BCUT2D eigenvalue weighted by molar-refractivity contribution is 9.10. The summed E-state index contributed by atoms with van der Waals surface area (Å²) in [6.07, 6.45) is 6.96. The summed E-state index contributed by atoms with van der Waals surface area (Å²) >= 11 is 3.62. The first-order valence-corrected chi connectivity index (χ1v) is 7.32. The summed E-state index contributed by atoms with van der Waals surface area (Å²) in [5.74, 6) is 0. The largest absolute Gasteiger partial charge is 0.464 e. The predicted molar refractivity (Wildman–Crippen MR) is 78.3 cm³/mol. The second kappa shape index (κ2) is 3.87. The van der Waals surface area contributed by atoms with Crippen LogP contribution in [0, 0.1) is 0 Å². The molecule has 3 nitrogen and oxygen atoms in total. The molecule has 1 fully saturated rings. The zero-order valence-corrected chi connectivity index (χ0v) is 12.0. The highest BCUT2D eigenvalue weighted by atomic mass is 79.9. The number of hydrogen-bond acceptors (Lipinski definition) is 3. The van der Waals surface area contributed by atoms with Gasteiger partial charge in [-0.25, -0.2) is 0 Å². The summed E-state index contributed by atoms with van der Waals surface area (Å²) in [4.78, 5) is 0. The van der Waals surface area contributed by atoms with E-state index >= 15 is 0 Å². The van der Waals surface area contributed by atoms with Gasteiger partial charge in [-0.05, 0) is 40.9 Å². The lowest BCUT2D eigenvalue weighted by Gasteiger charge is -2.41. The second-order valence-corrected chi connectivity index (χ2v) is 6.15. The van der Waals surface area contributed by atoms with Crippen molar-refractivity contribution in [3.63, 3.8) is 0 Å². The fourth-order valence-electron chi connectivity index (χ4n) is 3.28. The van der Waals surface area contributed by atoms with Gasteiger partial charge >= 0.3 is 0 Å². The fraction of sp³-hybridized carbons (Fsp3) is 0.333. The maximum absolute atomic E-state index is 6.07. The molecule has 2 heterocycles. The lowest BCUT2D eigenvalue weighted by Crippen LogP contribution is -2.41. The van der Waals surface area contributed by atoms with Gasteiger partial charge in [0, 0.05) is 28.3 Å². The number of rotatable bonds is 2. The zero-order valence-electron chi connectivity index (χ0n) is 10.4. The van der Waals surface area contributed by atoms with Crippen LogP contribution >= 0.6 is 15.9 Å². The third-order valence-electron chi connectivity index (χ3n) is 4.49. The van der Waals surface area contributed by atoms with Crippen LogP contribution in [0.1, 0.15) is 24.8 Å². The number of fused-ring (bicyclic) bond motifs is 2. The molecular formula is C15H14BrNO2. The molecule has 0 unspecified atom stereocenters. The summed E-state index contributed by atoms with van der Waals surface area (Å²) in [6.45, 7) is 0.657. The van der Waals surface area contributed by atoms with Crippen LogP contribution in [-0.4, -0.2) is 6.54 Å². The molecule has 1 saturated carbocycles. The lowest BCUT2D eigenvalue weighted by atomic mass is 9.63. The molecule has 1 aliphatic rings. The molecule has 0 saturated heterocycles. The van der Waals surface area contributed by atoms with Gasteiger partial charge in [-0.3, -0.25) is 0 Å². The van der Waals surface area contributed by atoms with E-state index in [1.165, 1.54) is 12.0 Å². The Labute approximate surface area is 118 Å². The van der Waals surface area contributed by atoms with Crippen LogP contribution in [0.2, 0.25) is 0 Å². The summed E-state index contributed by atoms with van der Waals surface area (Å²) < 4.78 is 12.4. The number of benzene rings is 1. The zero-order chi connectivity index (χ0) is 13.0. The molecule has 98 valence electrons. The standard InChI is InChI=1S/C15H14BrNO2/c16-12-10-3-7-18-13(10)11(9-2-6-19-14(9)12)15(8-17)4-1-5-15/h2-3,6-7H,1,4-5,8,17H2. The van der Waals surface area contributed by atoms with Crippen molar-refractivity contribution in [2.75, 3.05) is 6.54 Å². The Morgan fingerprint density at radius 1 is 1.11 bits per heavy atom. The van der Waals surface area contributed by atoms with E-state index in [0.717, 1.165) is 39.3 Å². The topological polar surface area (TPSA) is 52.3 Å². The highest BCUT2D eigenvalue weighted by Crippen LogP contribution is 2.50. The number of furan rings is 2. The predicted octanol–water partition coefficient (Wildman–Crippen LogP) is 4.32. The molecule has 1 aromatic carbocycles. The van der Waals surface area contributed by atoms with Crippen molar-refractivity contribution in [2.45, 2.75) is 24.7 Å². The van der Waals surface area contributed by atoms with Crippen molar-refractivity contribution in [2.24, 2.45) is 5.73 Å². The molecule has 2 N–H and O–H groups in total. The van der Waals surface area contributed by atoms with E-state index in [2.05, 4.69) is 15.9 Å². The van der Waals surface area contributed by atoms with Crippen LogP contribution in [-0.2, 0) is 5.41 Å². The maximum atomic E-state index is 6.07. The molecule has 0 aliphatic heterocycles. The molecule has 19 heavy (non-hydrogen) atoms. The second-order valence-electron chi connectivity index (χ2n) is 5.35. The summed E-state index contributed by atoms with van der Waals surface area (Å²) in [7, 11) is 0. The van der Waals surface area contributed by atoms with Crippen LogP contribution in [0.3, 0.4) is 0 Å². The molecule has 0 bridgehead atoms. The van der Waals surface area contributed by atoms with Crippen LogP contribution in [0.5, 0.6) is 0 Å². The Bertz CT molecular complexity index is 710. The number of nitrogens with two attached hydrogens (primary N) is 1. The van der Waals surface area contributed by atoms with Gasteiger partial charge in [0.05, 0.1) is 17.0 Å². The molecule has 2 aromatic heterocycles. The van der Waals surface area contributed by atoms with Gasteiger partial charge in [0.2, 0.25) is 0 Å². The Morgan fingerprint density at radius 3 is 2.42 bits per heavy atom. The normalized spacial score (nSPS) is 18.0. The van der Waals surface area contributed by atoms with Gasteiger partial charge in [0.25, 0.3) is 0 Å². The van der Waals surface area contributed by atoms with Gasteiger partial charge in [-0.2, -0.15) is 0 Å². The average molecular weight is 320 g/mol. The first-order chi connectivity index (χ1) is 9.27. The SMILES string of the molecule is NCC1(c2c3ccoc3c(Br)c3ccoc23)CCC1. The Morgan fingerprint density at radius 2 is 1.79 bits per heavy atom. The van der Waals surface area contributed by atoms with Crippen molar-refractivity contribution < 1.29 is 8.83 Å². The van der Waals surface area contributed by atoms with Crippen LogP contribution in [0.4, 0.5) is 0 Å². The third-order valence-corrected chi connectivity index (χ3v) is 5.28. The van der Waals surface area contributed by atoms with Crippen LogP contribution < -0.4 is 5.73 Å². The molecule has 0 amide bonds. The van der Waals surface area contributed by atoms with Crippen molar-refractivity contribution in [3.8, 4) is 0 Å². The Hall–Kier alpha value is -1.26. The van der Waals surface area contributed by atoms with Gasteiger partial charge in [-0.1, -0.05) is 6.42 Å². The van der Waals surface area contributed by atoms with E-state index in [-0.39, 0.29) is 5.41 Å². The maximum Gasteiger partial charge on any atom is 0.149 e. The summed E-state index contributed by atoms with van der Waals surface area (Å²) in [6, 6.07) is 4.00. The highest BCUT2D eigenvalue weighted by Gasteiger charge is 2.41. The van der Waals surface area contributed by atoms with Crippen LogP contribution in [0.15, 0.2) is 38.0 Å². The van der Waals surface area contributed by atoms with E-state index in [1.807, 2.05) is 12.1 Å². The van der Waals surface area contributed by atoms with Gasteiger partial charge in [0.15, 0.2) is 0 Å². The van der Waals surface area contributed by atoms with E-state index < -0.39 is 0 Å². The quantitative estimate of drug-likeness (QED) is 0.765. The average Bonchev–Trinajstić information content (AvgIpc) is 3.01. The first-order valence-electron chi connectivity index (χ1n) is 6.53. The minimum absolute atomic E-state index is 0.0545. The van der Waals surface area contributed by atoms with E-state index in [4.69, 9.17) is 14.6 Å². The molecule has 1 aliphatic carbocycles. The molecule has 3 aromatic rings. The van der Waals surface area contributed by atoms with E-state index in [9.17, 15) is 0 Å². The van der Waals surface area contributed by atoms with Crippen molar-refractivity contribution in [1.29, 1.82) is 0 Å². The third kappa shape index (κ3) is 1.36. The monoisotopic (exact) mass is 319 g/mol. The number of hydrogen-bond donors (Lipinski definition) is 1. The van der Waals surface area contributed by atoms with Crippen molar-refractivity contribution >= 4 is 37.9 Å². The molecule has 4 rings (SSSR count). The smallest absolute Gasteiger partial charge is 0.149 e. The number of halogens is 1. The summed E-state index contributed by atoms with van der Waals surface area (Å²) in [5.41, 5.74) is 9.20. The van der Waals surface area contributed by atoms with Crippen LogP contribution in [0.25, 0.3) is 21.9 Å². The van der Waals surface area contributed by atoms with E-state index in [0.29, 0.717) is 6.54 Å². The molecule has 0 spiro atoms. The minimum Gasteiger partial charge on any atom is -0.464 e. The van der Waals surface area contributed by atoms with Crippen molar-refractivity contribution in [3.05, 3.63) is 34.7 Å². The molecule has 0 radical (unpaired) electrons. The molecule has 4 heteroatoms. The van der Waals surface area contributed by atoms with Gasteiger partial charge in [0.1, 0.15) is 11.2 Å².